The van der Waals surface area contributed by atoms with Crippen LogP contribution in [0.3, 0.4) is 0 Å². The highest BCUT2D eigenvalue weighted by Gasteiger charge is 2.14. The number of hydrogen-bond donors (Lipinski definition) is 2. The summed E-state index contributed by atoms with van der Waals surface area (Å²) in [5.41, 5.74) is 0.248. The monoisotopic (exact) mass is 237 g/mol. The van der Waals surface area contributed by atoms with Crippen LogP contribution in [0.4, 0.5) is 5.69 Å². The van der Waals surface area contributed by atoms with Crippen LogP contribution in [0.25, 0.3) is 0 Å². The Morgan fingerprint density at radius 2 is 1.86 bits per heavy atom. The first kappa shape index (κ1) is 11.1. The first-order valence-corrected chi connectivity index (χ1v) is 5.82. The molecule has 14 heavy (non-hydrogen) atoms. The van der Waals surface area contributed by atoms with Crippen molar-refractivity contribution >= 4 is 27.4 Å². The second-order valence-corrected chi connectivity index (χ2v) is 4.30. The lowest BCUT2D eigenvalue weighted by molar-refractivity contribution is 0.446. The van der Waals surface area contributed by atoms with Gasteiger partial charge in [0.15, 0.2) is 0 Å². The summed E-state index contributed by atoms with van der Waals surface area (Å²) in [4.78, 5) is 0. The average Bonchev–Trinajstić information content (AvgIpc) is 2.02. The third kappa shape index (κ3) is 3.83. The fourth-order valence-corrected chi connectivity index (χ4v) is 1.92. The molecule has 0 aliphatic rings. The van der Waals surface area contributed by atoms with Crippen molar-refractivity contribution in [2.45, 2.75) is 0 Å². The fourth-order valence-electron chi connectivity index (χ4n) is 0.744. The van der Waals surface area contributed by atoms with Gasteiger partial charge >= 0.3 is 21.7 Å². The predicted molar refractivity (Wildman–Crippen MR) is 50.8 cm³/mol. The average molecular weight is 237 g/mol. The Kier molecular flexibility index (Phi) is 3.58. The van der Waals surface area contributed by atoms with Gasteiger partial charge in [-0.05, 0) is 12.1 Å². The van der Waals surface area contributed by atoms with E-state index in [1.807, 2.05) is 4.72 Å². The molecule has 0 aliphatic carbocycles. The zero-order chi connectivity index (χ0) is 10.6. The molecule has 0 aliphatic heterocycles. The van der Waals surface area contributed by atoms with E-state index in [9.17, 15) is 12.6 Å². The van der Waals surface area contributed by atoms with Gasteiger partial charge in [-0.15, -0.1) is 3.63 Å². The lowest BCUT2D eigenvalue weighted by atomic mass is 10.3. The van der Waals surface area contributed by atoms with Crippen LogP contribution in [0, 0.1) is 0 Å². The Morgan fingerprint density at radius 1 is 1.29 bits per heavy atom. The molecule has 0 saturated carbocycles. The molecule has 0 bridgehead atoms. The molecule has 0 amide bonds. The molecular weight excluding hydrogens is 230 g/mol. The van der Waals surface area contributed by atoms with Crippen molar-refractivity contribution in [2.24, 2.45) is 0 Å². The smallest absolute Gasteiger partial charge is 0.283 e. The highest BCUT2D eigenvalue weighted by molar-refractivity contribution is 7.96. The summed E-state index contributed by atoms with van der Waals surface area (Å²) in [6, 6.07) is 7.85. The summed E-state index contributed by atoms with van der Waals surface area (Å²) in [5, 5.41) is 0. The van der Waals surface area contributed by atoms with E-state index < -0.39 is 21.7 Å². The molecule has 0 radical (unpaired) electrons. The quantitative estimate of drug-likeness (QED) is 0.744. The van der Waals surface area contributed by atoms with Crippen LogP contribution in [-0.2, 0) is 25.3 Å². The molecule has 1 unspecified atom stereocenters. The van der Waals surface area contributed by atoms with Gasteiger partial charge in [0.25, 0.3) is 0 Å². The lowest BCUT2D eigenvalue weighted by Crippen LogP contribution is -2.16. The maximum atomic E-state index is 10.9. The highest BCUT2D eigenvalue weighted by atomic mass is 32.3. The summed E-state index contributed by atoms with van der Waals surface area (Å²) >= 11 is -2.86. The molecule has 1 aromatic carbocycles. The van der Waals surface area contributed by atoms with Gasteiger partial charge in [0.05, 0.1) is 5.69 Å². The Hall–Kier alpha value is -0.960. The topological polar surface area (TPSA) is 92.7 Å². The van der Waals surface area contributed by atoms with Gasteiger partial charge in [-0.3, -0.25) is 9.27 Å². The van der Waals surface area contributed by atoms with Crippen LogP contribution in [0.15, 0.2) is 30.3 Å². The Morgan fingerprint density at radius 3 is 2.36 bits per heavy atom. The lowest BCUT2D eigenvalue weighted by Gasteiger charge is -2.03. The van der Waals surface area contributed by atoms with Crippen LogP contribution in [-0.4, -0.2) is 17.2 Å². The largest absolute Gasteiger partial charge is 0.374 e. The third-order valence-electron chi connectivity index (χ3n) is 1.16. The number of nitrogens with one attached hydrogen (secondary N) is 1. The molecule has 8 heteroatoms. The highest BCUT2D eigenvalue weighted by Crippen LogP contribution is 2.08. The molecule has 1 atom stereocenters. The van der Waals surface area contributed by atoms with E-state index in [-0.39, 0.29) is 5.69 Å². The molecule has 78 valence electrons. The first-order valence-electron chi connectivity index (χ1n) is 3.38. The minimum absolute atomic E-state index is 0.248. The molecule has 0 fully saturated rings. The van der Waals surface area contributed by atoms with Crippen LogP contribution in [0.1, 0.15) is 0 Å². The summed E-state index contributed by atoms with van der Waals surface area (Å²) < 4.78 is 45.8. The van der Waals surface area contributed by atoms with Crippen molar-refractivity contribution in [2.75, 3.05) is 4.72 Å². The maximum absolute atomic E-state index is 10.9. The van der Waals surface area contributed by atoms with Crippen LogP contribution >= 0.6 is 0 Å². The van der Waals surface area contributed by atoms with Gasteiger partial charge in [0, 0.05) is 0 Å². The molecular formula is C6H7NO5S2. The standard InChI is InChI=1S/C6H7NO5S2/c8-13(9)12-14(10,11)7-6-4-2-1-3-5-6/h1-5,7H,(H,8,9). The second kappa shape index (κ2) is 4.51. The van der Waals surface area contributed by atoms with Gasteiger partial charge in [-0.25, -0.2) is 0 Å². The van der Waals surface area contributed by atoms with Crippen molar-refractivity contribution in [3.63, 3.8) is 0 Å². The second-order valence-electron chi connectivity index (χ2n) is 2.21. The summed E-state index contributed by atoms with van der Waals surface area (Å²) in [7, 11) is -4.23. The summed E-state index contributed by atoms with van der Waals surface area (Å²) in [6.45, 7) is 0. The number of para-hydroxylation sites is 1. The van der Waals surface area contributed by atoms with Gasteiger partial charge in [-0.1, -0.05) is 18.2 Å². The number of anilines is 1. The van der Waals surface area contributed by atoms with E-state index in [1.54, 1.807) is 18.2 Å². The summed E-state index contributed by atoms with van der Waals surface area (Å²) in [5.74, 6) is 0. The van der Waals surface area contributed by atoms with Crippen LogP contribution < -0.4 is 4.72 Å². The number of benzene rings is 1. The molecule has 0 saturated heterocycles. The molecule has 2 N–H and O–H groups in total. The Balaban J connectivity index is 2.74. The number of hydrogen-bond acceptors (Lipinski definition) is 4. The minimum Gasteiger partial charge on any atom is -0.283 e. The Labute approximate surface area is 83.7 Å². The van der Waals surface area contributed by atoms with E-state index in [0.717, 1.165) is 0 Å². The fraction of sp³-hybridized carbons (Fsp3) is 0. The Bertz CT molecular complexity index is 415. The zero-order valence-electron chi connectivity index (χ0n) is 6.78. The predicted octanol–water partition coefficient (Wildman–Crippen LogP) is 0.497. The zero-order valence-corrected chi connectivity index (χ0v) is 8.42. The molecule has 1 rings (SSSR count). The van der Waals surface area contributed by atoms with Crippen molar-refractivity contribution in [1.82, 2.24) is 0 Å². The van der Waals surface area contributed by atoms with Crippen LogP contribution in [0.5, 0.6) is 0 Å². The minimum atomic E-state index is -4.23. The molecule has 0 spiro atoms. The molecule has 1 aromatic rings. The van der Waals surface area contributed by atoms with Gasteiger partial charge in [0.1, 0.15) is 0 Å². The van der Waals surface area contributed by atoms with Crippen molar-refractivity contribution in [3.8, 4) is 0 Å². The summed E-state index contributed by atoms with van der Waals surface area (Å²) in [6.07, 6.45) is 0. The third-order valence-corrected chi connectivity index (χ3v) is 2.83. The van der Waals surface area contributed by atoms with E-state index in [0.29, 0.717) is 0 Å². The van der Waals surface area contributed by atoms with Crippen molar-refractivity contribution < 1.29 is 20.8 Å². The van der Waals surface area contributed by atoms with Gasteiger partial charge in [0.2, 0.25) is 0 Å². The van der Waals surface area contributed by atoms with Gasteiger partial charge in [-0.2, -0.15) is 12.6 Å². The van der Waals surface area contributed by atoms with Crippen molar-refractivity contribution in [1.29, 1.82) is 0 Å². The van der Waals surface area contributed by atoms with E-state index in [1.165, 1.54) is 12.1 Å². The van der Waals surface area contributed by atoms with Crippen molar-refractivity contribution in [3.05, 3.63) is 30.3 Å². The molecule has 0 heterocycles. The van der Waals surface area contributed by atoms with E-state index in [4.69, 9.17) is 4.55 Å². The SMILES string of the molecule is O=S(O)OS(=O)(=O)Nc1ccccc1. The van der Waals surface area contributed by atoms with E-state index >= 15 is 0 Å². The van der Waals surface area contributed by atoms with Gasteiger partial charge < -0.3 is 0 Å². The number of rotatable bonds is 4. The normalized spacial score (nSPS) is 13.5. The molecule has 0 aromatic heterocycles. The van der Waals surface area contributed by atoms with E-state index in [2.05, 4.69) is 3.63 Å². The maximum Gasteiger partial charge on any atom is 0.374 e. The van der Waals surface area contributed by atoms with Crippen LogP contribution in [0.2, 0.25) is 0 Å². The molecule has 6 nitrogen and oxygen atoms in total. The first-order chi connectivity index (χ1) is 6.49.